The fraction of sp³-hybridized carbons (Fsp3) is 1.00. The highest BCUT2D eigenvalue weighted by molar-refractivity contribution is 7.99. The fourth-order valence-electron chi connectivity index (χ4n) is 1.11. The van der Waals surface area contributed by atoms with Gasteiger partial charge in [-0.05, 0) is 18.1 Å². The maximum Gasteiger partial charge on any atom is 0.0465 e. The third-order valence-electron chi connectivity index (χ3n) is 1.81. The SMILES string of the molecule is COCCC1CSCC1Cl. The Labute approximate surface area is 71.5 Å². The number of ether oxygens (including phenoxy) is 1. The van der Waals surface area contributed by atoms with E-state index in [4.69, 9.17) is 16.3 Å². The van der Waals surface area contributed by atoms with E-state index >= 15 is 0 Å². The Bertz CT molecular complexity index is 99.6. The van der Waals surface area contributed by atoms with Crippen molar-refractivity contribution in [2.24, 2.45) is 5.92 Å². The van der Waals surface area contributed by atoms with Gasteiger partial charge in [0.15, 0.2) is 0 Å². The van der Waals surface area contributed by atoms with Crippen LogP contribution in [0.25, 0.3) is 0 Å². The Hall–Kier alpha value is 0.600. The summed E-state index contributed by atoms with van der Waals surface area (Å²) >= 11 is 7.99. The van der Waals surface area contributed by atoms with Crippen molar-refractivity contribution in [3.05, 3.63) is 0 Å². The van der Waals surface area contributed by atoms with Gasteiger partial charge in [-0.15, -0.1) is 11.6 Å². The molecule has 0 bridgehead atoms. The Morgan fingerprint density at radius 3 is 2.90 bits per heavy atom. The van der Waals surface area contributed by atoms with Crippen LogP contribution in [0.1, 0.15) is 6.42 Å². The van der Waals surface area contributed by atoms with Crippen LogP contribution in [0.15, 0.2) is 0 Å². The van der Waals surface area contributed by atoms with E-state index in [1.54, 1.807) is 7.11 Å². The van der Waals surface area contributed by atoms with Gasteiger partial charge in [-0.25, -0.2) is 0 Å². The molecule has 0 N–H and O–H groups in total. The molecule has 1 aliphatic rings. The molecule has 0 aromatic rings. The summed E-state index contributed by atoms with van der Waals surface area (Å²) < 4.78 is 4.98. The number of thioether (sulfide) groups is 1. The lowest BCUT2D eigenvalue weighted by Crippen LogP contribution is -2.13. The highest BCUT2D eigenvalue weighted by Crippen LogP contribution is 2.30. The highest BCUT2D eigenvalue weighted by atomic mass is 35.5. The minimum absolute atomic E-state index is 0.389. The summed E-state index contributed by atoms with van der Waals surface area (Å²) in [6.07, 6.45) is 1.12. The minimum atomic E-state index is 0.389. The predicted molar refractivity (Wildman–Crippen MR) is 46.9 cm³/mol. The van der Waals surface area contributed by atoms with Gasteiger partial charge < -0.3 is 4.74 Å². The average molecular weight is 181 g/mol. The van der Waals surface area contributed by atoms with Crippen LogP contribution in [0.4, 0.5) is 0 Å². The molecule has 0 aliphatic carbocycles. The lowest BCUT2D eigenvalue weighted by Gasteiger charge is -2.10. The Kier molecular flexibility index (Phi) is 3.89. The molecule has 0 aromatic carbocycles. The van der Waals surface area contributed by atoms with Crippen molar-refractivity contribution in [1.82, 2.24) is 0 Å². The van der Waals surface area contributed by atoms with Gasteiger partial charge in [0.1, 0.15) is 0 Å². The summed E-state index contributed by atoms with van der Waals surface area (Å²) in [4.78, 5) is 0. The second kappa shape index (κ2) is 4.47. The van der Waals surface area contributed by atoms with Crippen molar-refractivity contribution >= 4 is 23.4 Å². The van der Waals surface area contributed by atoms with E-state index < -0.39 is 0 Å². The maximum atomic E-state index is 6.04. The highest BCUT2D eigenvalue weighted by Gasteiger charge is 2.24. The first-order valence-electron chi connectivity index (χ1n) is 3.55. The predicted octanol–water partition coefficient (Wildman–Crippen LogP) is 1.99. The monoisotopic (exact) mass is 180 g/mol. The van der Waals surface area contributed by atoms with E-state index in [1.807, 2.05) is 11.8 Å². The number of rotatable bonds is 3. The molecule has 1 rings (SSSR count). The normalized spacial score (nSPS) is 33.0. The maximum absolute atomic E-state index is 6.04. The van der Waals surface area contributed by atoms with Gasteiger partial charge in [-0.3, -0.25) is 0 Å². The van der Waals surface area contributed by atoms with Crippen molar-refractivity contribution in [3.63, 3.8) is 0 Å². The molecule has 0 amide bonds. The number of alkyl halides is 1. The van der Waals surface area contributed by atoms with Crippen molar-refractivity contribution in [2.75, 3.05) is 25.2 Å². The van der Waals surface area contributed by atoms with Crippen LogP contribution in [0.5, 0.6) is 0 Å². The molecule has 1 heterocycles. The summed E-state index contributed by atoms with van der Waals surface area (Å²) in [6, 6.07) is 0. The molecule has 0 aromatic heterocycles. The standard InChI is InChI=1S/C7H13ClOS/c1-9-3-2-6-4-10-5-7(6)8/h6-7H,2-5H2,1H3. The summed E-state index contributed by atoms with van der Waals surface area (Å²) in [7, 11) is 1.74. The van der Waals surface area contributed by atoms with Crippen LogP contribution < -0.4 is 0 Å². The van der Waals surface area contributed by atoms with Gasteiger partial charge in [0.05, 0.1) is 0 Å². The smallest absolute Gasteiger partial charge is 0.0465 e. The summed E-state index contributed by atoms with van der Waals surface area (Å²) in [6.45, 7) is 0.856. The Morgan fingerprint density at radius 2 is 2.40 bits per heavy atom. The van der Waals surface area contributed by atoms with Crippen LogP contribution in [0, 0.1) is 5.92 Å². The van der Waals surface area contributed by atoms with E-state index in [0.29, 0.717) is 11.3 Å². The summed E-state index contributed by atoms with van der Waals surface area (Å²) in [5, 5.41) is 0.389. The summed E-state index contributed by atoms with van der Waals surface area (Å²) in [5.74, 6) is 3.03. The topological polar surface area (TPSA) is 9.23 Å². The van der Waals surface area contributed by atoms with Gasteiger partial charge in [0.2, 0.25) is 0 Å². The number of hydrogen-bond donors (Lipinski definition) is 0. The van der Waals surface area contributed by atoms with E-state index in [9.17, 15) is 0 Å². The first-order chi connectivity index (χ1) is 4.84. The van der Waals surface area contributed by atoms with Crippen LogP contribution in [0.2, 0.25) is 0 Å². The first-order valence-corrected chi connectivity index (χ1v) is 5.14. The zero-order valence-corrected chi connectivity index (χ0v) is 7.75. The van der Waals surface area contributed by atoms with Crippen molar-refractivity contribution < 1.29 is 4.74 Å². The Balaban J connectivity index is 2.14. The van der Waals surface area contributed by atoms with E-state index in [1.165, 1.54) is 5.75 Å². The van der Waals surface area contributed by atoms with Crippen LogP contribution in [-0.4, -0.2) is 30.6 Å². The largest absolute Gasteiger partial charge is 0.385 e. The number of methoxy groups -OCH3 is 1. The minimum Gasteiger partial charge on any atom is -0.385 e. The molecule has 2 atom stereocenters. The van der Waals surface area contributed by atoms with Crippen LogP contribution in [0.3, 0.4) is 0 Å². The average Bonchev–Trinajstić information content (AvgIpc) is 2.31. The molecule has 1 aliphatic heterocycles. The van der Waals surface area contributed by atoms with E-state index in [0.717, 1.165) is 18.8 Å². The second-order valence-electron chi connectivity index (χ2n) is 2.60. The Morgan fingerprint density at radius 1 is 1.60 bits per heavy atom. The molecule has 2 unspecified atom stereocenters. The molecule has 10 heavy (non-hydrogen) atoms. The molecule has 60 valence electrons. The van der Waals surface area contributed by atoms with Crippen molar-refractivity contribution in [2.45, 2.75) is 11.8 Å². The lowest BCUT2D eigenvalue weighted by molar-refractivity contribution is 0.181. The molecule has 0 radical (unpaired) electrons. The number of halogens is 1. The zero-order chi connectivity index (χ0) is 7.40. The van der Waals surface area contributed by atoms with Gasteiger partial charge in [-0.2, -0.15) is 11.8 Å². The molecular weight excluding hydrogens is 168 g/mol. The van der Waals surface area contributed by atoms with E-state index in [-0.39, 0.29) is 0 Å². The molecule has 1 nitrogen and oxygen atoms in total. The second-order valence-corrected chi connectivity index (χ2v) is 4.23. The lowest BCUT2D eigenvalue weighted by atomic mass is 10.1. The molecule has 0 spiro atoms. The van der Waals surface area contributed by atoms with E-state index in [2.05, 4.69) is 0 Å². The van der Waals surface area contributed by atoms with Crippen molar-refractivity contribution in [3.8, 4) is 0 Å². The quantitative estimate of drug-likeness (QED) is 0.615. The third-order valence-corrected chi connectivity index (χ3v) is 3.77. The van der Waals surface area contributed by atoms with Gasteiger partial charge in [0.25, 0.3) is 0 Å². The molecule has 1 fully saturated rings. The zero-order valence-electron chi connectivity index (χ0n) is 6.18. The van der Waals surface area contributed by atoms with Crippen LogP contribution >= 0.6 is 23.4 Å². The first kappa shape index (κ1) is 8.69. The summed E-state index contributed by atoms with van der Waals surface area (Å²) in [5.41, 5.74) is 0. The molecule has 3 heteroatoms. The molecular formula is C7H13ClOS. The fourth-order valence-corrected chi connectivity index (χ4v) is 3.03. The van der Waals surface area contributed by atoms with Gasteiger partial charge >= 0.3 is 0 Å². The van der Waals surface area contributed by atoms with Gasteiger partial charge in [-0.1, -0.05) is 0 Å². The third kappa shape index (κ3) is 2.33. The molecule has 1 saturated heterocycles. The van der Waals surface area contributed by atoms with Crippen LogP contribution in [-0.2, 0) is 4.74 Å². The van der Waals surface area contributed by atoms with Crippen molar-refractivity contribution in [1.29, 1.82) is 0 Å². The number of hydrogen-bond acceptors (Lipinski definition) is 2. The molecule has 0 saturated carbocycles. The van der Waals surface area contributed by atoms with Gasteiger partial charge in [0, 0.05) is 24.8 Å².